The van der Waals surface area contributed by atoms with Gasteiger partial charge in [0.15, 0.2) is 0 Å². The van der Waals surface area contributed by atoms with Crippen LogP contribution in [-0.4, -0.2) is 23.2 Å². The average molecular weight is 870 g/mol. The summed E-state index contributed by atoms with van der Waals surface area (Å²) in [5.41, 5.74) is 8.22. The number of nitrogens with zero attached hydrogens (tertiary/aromatic N) is 2. The molecule has 4 aromatic carbocycles. The van der Waals surface area contributed by atoms with E-state index in [1.165, 1.54) is 41.3 Å². The molecule has 0 bridgehead atoms. The number of hydrogen-bond donors (Lipinski definition) is 0. The zero-order valence-corrected chi connectivity index (χ0v) is 33.2. The largest absolute Gasteiger partial charge is 0 e. The molecule has 2 nitrogen and oxygen atoms in total. The number of benzene rings is 4. The van der Waals surface area contributed by atoms with E-state index >= 15 is 0 Å². The Balaban J connectivity index is 0.000000217. The van der Waals surface area contributed by atoms with Crippen LogP contribution in [0.5, 0.6) is 0 Å². The van der Waals surface area contributed by atoms with Crippen LogP contribution in [0.4, 0.5) is 0 Å². The summed E-state index contributed by atoms with van der Waals surface area (Å²) < 4.78 is 4.04. The van der Waals surface area contributed by atoms with Gasteiger partial charge in [0.25, 0.3) is 0 Å². The molecule has 0 aliphatic rings. The van der Waals surface area contributed by atoms with Gasteiger partial charge in [-0.2, -0.15) is 11.3 Å². The van der Waals surface area contributed by atoms with Gasteiger partial charge >= 0.3 is 99.8 Å². The second-order valence-corrected chi connectivity index (χ2v) is 25.8. The number of rotatable bonds is 5. The minimum atomic E-state index is -1.72. The number of hydrogen-bond acceptors (Lipinski definition) is 3. The van der Waals surface area contributed by atoms with Crippen LogP contribution in [0.25, 0.3) is 53.8 Å². The summed E-state index contributed by atoms with van der Waals surface area (Å²) >= 11 is 0.125. The van der Waals surface area contributed by atoms with E-state index in [9.17, 15) is 0 Å². The van der Waals surface area contributed by atoms with Crippen molar-refractivity contribution in [3.8, 4) is 33.6 Å². The van der Waals surface area contributed by atoms with Crippen molar-refractivity contribution in [1.29, 1.82) is 0 Å². The van der Waals surface area contributed by atoms with Gasteiger partial charge in [0.05, 0.1) is 0 Å². The first kappa shape index (κ1) is 34.9. The van der Waals surface area contributed by atoms with Crippen LogP contribution in [-0.2, 0) is 26.5 Å². The molecule has 0 unspecified atom stereocenters. The van der Waals surface area contributed by atoms with Crippen molar-refractivity contribution in [2.75, 3.05) is 0 Å². The Labute approximate surface area is 300 Å². The van der Waals surface area contributed by atoms with Crippen LogP contribution >= 0.6 is 11.3 Å². The molecule has 0 amide bonds. The summed E-state index contributed by atoms with van der Waals surface area (Å²) in [7, 11) is 0. The molecule has 0 spiro atoms. The molecule has 47 heavy (non-hydrogen) atoms. The van der Waals surface area contributed by atoms with Crippen molar-refractivity contribution >= 4 is 49.2 Å². The molecule has 7 aromatic rings. The molecule has 239 valence electrons. The van der Waals surface area contributed by atoms with Crippen molar-refractivity contribution in [1.82, 2.24) is 9.97 Å². The fraction of sp³-hybridized carbons (Fsp3) is 0.190. The Morgan fingerprint density at radius 1 is 0.681 bits per heavy atom. The fourth-order valence-electron chi connectivity index (χ4n) is 5.57. The Kier molecular flexibility index (Phi) is 11.0. The molecule has 3 heterocycles. The first-order valence-corrected chi connectivity index (χ1v) is 24.0. The third-order valence-electron chi connectivity index (χ3n) is 7.96. The van der Waals surface area contributed by atoms with Gasteiger partial charge in [-0.3, -0.25) is 0 Å². The number of fused-ring (bicyclic) bond motifs is 3. The summed E-state index contributed by atoms with van der Waals surface area (Å²) in [6, 6.07) is 45.0. The SMILES string of the molecule is CC(C)(C)Cc1ccnc(-c2[c-]cc3c(c2)sc2ccc(-c4ccccc4)cc23)c1.[CH3][Ge]([CH3])([CH3])[c]1ccc(-c2[c-]cccc2)nc1.[Ir]. The van der Waals surface area contributed by atoms with Crippen LogP contribution in [0.3, 0.4) is 0 Å². The Morgan fingerprint density at radius 2 is 1.47 bits per heavy atom. The molecule has 3 aromatic heterocycles. The summed E-state index contributed by atoms with van der Waals surface area (Å²) in [5, 5.41) is 2.57. The summed E-state index contributed by atoms with van der Waals surface area (Å²) in [5.74, 6) is 7.14. The standard InChI is InChI=1S/C28H24NS.C14H16GeN.Ir/c1-28(2,3)18-19-13-14-29-25(15-19)22-9-11-23-24-16-21(20-7-5-4-6-8-20)10-12-26(24)30-27(23)17-22;1-15(2,3)13-9-10-14(16-11-13)12-7-5-4-6-8-12;/h4-8,10-17H,18H2,1-3H3;4-7,9-11H,1-3H3;/q2*-1;. The molecule has 0 saturated heterocycles. The van der Waals surface area contributed by atoms with Crippen molar-refractivity contribution < 1.29 is 20.1 Å². The Morgan fingerprint density at radius 3 is 2.15 bits per heavy atom. The predicted octanol–water partition coefficient (Wildman–Crippen LogP) is 11.3. The molecule has 0 atom stereocenters. The second kappa shape index (κ2) is 14.8. The zero-order valence-electron chi connectivity index (χ0n) is 27.9. The van der Waals surface area contributed by atoms with E-state index in [4.69, 9.17) is 0 Å². The second-order valence-electron chi connectivity index (χ2n) is 14.0. The van der Waals surface area contributed by atoms with Gasteiger partial charge in [0.2, 0.25) is 0 Å². The van der Waals surface area contributed by atoms with E-state index in [-0.39, 0.29) is 25.5 Å². The molecular weight excluding hydrogens is 829 g/mol. The van der Waals surface area contributed by atoms with Gasteiger partial charge < -0.3 is 4.98 Å². The third kappa shape index (κ3) is 8.74. The number of pyridine rings is 2. The molecule has 5 heteroatoms. The van der Waals surface area contributed by atoms with E-state index in [1.54, 1.807) is 0 Å². The number of aromatic nitrogens is 2. The first-order chi connectivity index (χ1) is 22.0. The number of thiophene rings is 1. The van der Waals surface area contributed by atoms with Gasteiger partial charge in [-0.25, -0.2) is 0 Å². The molecule has 0 aliphatic heterocycles. The van der Waals surface area contributed by atoms with E-state index < -0.39 is 13.3 Å². The van der Waals surface area contributed by atoms with E-state index in [0.717, 1.165) is 28.9 Å². The topological polar surface area (TPSA) is 25.8 Å². The van der Waals surface area contributed by atoms with Gasteiger partial charge in [0.1, 0.15) is 0 Å². The van der Waals surface area contributed by atoms with Gasteiger partial charge in [-0.05, 0) is 50.9 Å². The van der Waals surface area contributed by atoms with E-state index in [2.05, 4.69) is 145 Å². The Bertz CT molecular complexity index is 2070. The van der Waals surface area contributed by atoms with E-state index in [0.29, 0.717) is 0 Å². The molecule has 1 radical (unpaired) electrons. The van der Waals surface area contributed by atoms with Crippen LogP contribution in [0.1, 0.15) is 26.3 Å². The third-order valence-corrected chi connectivity index (χ3v) is 13.3. The van der Waals surface area contributed by atoms with E-state index in [1.807, 2.05) is 48.0 Å². The fourth-order valence-corrected chi connectivity index (χ4v) is 8.85. The maximum absolute atomic E-state index is 4.63. The zero-order chi connectivity index (χ0) is 32.3. The van der Waals surface area contributed by atoms with Gasteiger partial charge in [0, 0.05) is 31.0 Å². The normalized spacial score (nSPS) is 11.5. The van der Waals surface area contributed by atoms with Gasteiger partial charge in [-0.15, -0.1) is 23.8 Å². The maximum Gasteiger partial charge on any atom is 0 e. The minimum absolute atomic E-state index is 0. The summed E-state index contributed by atoms with van der Waals surface area (Å²) in [6.07, 6.45) is 5.00. The van der Waals surface area contributed by atoms with Crippen molar-refractivity contribution in [2.24, 2.45) is 5.41 Å². The minimum Gasteiger partial charge on any atom is 0 e. The quantitative estimate of drug-likeness (QED) is 0.127. The average Bonchev–Trinajstić information content (AvgIpc) is 3.42. The van der Waals surface area contributed by atoms with Crippen LogP contribution < -0.4 is 4.40 Å². The van der Waals surface area contributed by atoms with Crippen molar-refractivity contribution in [3.05, 3.63) is 139 Å². The van der Waals surface area contributed by atoms with Crippen molar-refractivity contribution in [2.45, 2.75) is 44.5 Å². The maximum atomic E-state index is 4.63. The molecule has 0 aliphatic carbocycles. The monoisotopic (exact) mass is 871 g/mol. The summed E-state index contributed by atoms with van der Waals surface area (Å²) in [4.78, 5) is 9.16. The molecular formula is C42H40GeIrN2S-2. The van der Waals surface area contributed by atoms with Crippen LogP contribution in [0, 0.1) is 17.5 Å². The van der Waals surface area contributed by atoms with Crippen LogP contribution in [0.2, 0.25) is 17.3 Å². The molecule has 0 fully saturated rings. The van der Waals surface area contributed by atoms with Gasteiger partial charge in [-0.1, -0.05) is 80.3 Å². The molecule has 0 N–H and O–H groups in total. The summed E-state index contributed by atoms with van der Waals surface area (Å²) in [6.45, 7) is 6.81. The Hall–Kier alpha value is -3.41. The smallest absolute Gasteiger partial charge is 0 e. The first-order valence-electron chi connectivity index (χ1n) is 15.9. The molecule has 7 rings (SSSR count). The predicted molar refractivity (Wildman–Crippen MR) is 201 cm³/mol. The van der Waals surface area contributed by atoms with Crippen LogP contribution in [0.15, 0.2) is 122 Å². The van der Waals surface area contributed by atoms with Crippen molar-refractivity contribution in [3.63, 3.8) is 0 Å². The molecule has 0 saturated carbocycles.